The highest BCUT2D eigenvalue weighted by Gasteiger charge is 2.30. The lowest BCUT2D eigenvalue weighted by atomic mass is 10.1. The number of amides is 1. The van der Waals surface area contributed by atoms with E-state index in [1.54, 1.807) is 6.07 Å². The average molecular weight is 424 g/mol. The molecular weight excluding hydrogens is 405 g/mol. The molecule has 3 rings (SSSR count). The van der Waals surface area contributed by atoms with Crippen LogP contribution in [0.1, 0.15) is 24.8 Å². The number of anilines is 2. The van der Waals surface area contributed by atoms with Gasteiger partial charge in [0, 0.05) is 17.8 Å². The Morgan fingerprint density at radius 3 is 2.48 bits per heavy atom. The quantitative estimate of drug-likeness (QED) is 0.654. The van der Waals surface area contributed by atoms with Crippen LogP contribution in [0.25, 0.3) is 0 Å². The second kappa shape index (κ2) is 8.28. The molecule has 1 aliphatic rings. The number of benzene rings is 2. The van der Waals surface area contributed by atoms with Crippen LogP contribution >= 0.6 is 0 Å². The first-order chi connectivity index (χ1) is 13.6. The summed E-state index contributed by atoms with van der Waals surface area (Å²) in [6, 6.07) is 9.48. The number of alkyl halides is 3. The van der Waals surface area contributed by atoms with Crippen molar-refractivity contribution in [3.63, 3.8) is 0 Å². The number of halogens is 3. The summed E-state index contributed by atoms with van der Waals surface area (Å²) in [5.41, 5.74) is -0.870. The Morgan fingerprint density at radius 2 is 1.79 bits per heavy atom. The maximum Gasteiger partial charge on any atom is 0.416 e. The summed E-state index contributed by atoms with van der Waals surface area (Å²) in [6.07, 6.45) is 1.57. The molecule has 0 saturated carbocycles. The van der Waals surface area contributed by atoms with E-state index in [9.17, 15) is 26.4 Å². The van der Waals surface area contributed by atoms with Crippen molar-refractivity contribution in [2.45, 2.75) is 30.3 Å². The van der Waals surface area contributed by atoms with Crippen LogP contribution in [-0.4, -0.2) is 14.3 Å². The van der Waals surface area contributed by atoms with E-state index in [0.29, 0.717) is 12.1 Å². The zero-order valence-electron chi connectivity index (χ0n) is 15.2. The van der Waals surface area contributed by atoms with Crippen LogP contribution in [0.5, 0.6) is 0 Å². The largest absolute Gasteiger partial charge is 0.416 e. The first-order valence-corrected chi connectivity index (χ1v) is 10.4. The number of nitrogens with one attached hydrogen (secondary N) is 2. The minimum absolute atomic E-state index is 0.171. The van der Waals surface area contributed by atoms with Gasteiger partial charge in [-0.15, -0.1) is 0 Å². The van der Waals surface area contributed by atoms with Crippen molar-refractivity contribution in [1.82, 2.24) is 0 Å². The van der Waals surface area contributed by atoms with Gasteiger partial charge < -0.3 is 5.32 Å². The second-order valence-electron chi connectivity index (χ2n) is 6.73. The van der Waals surface area contributed by atoms with Crippen LogP contribution in [-0.2, 0) is 21.0 Å². The molecule has 1 amide bonds. The Morgan fingerprint density at radius 1 is 1.07 bits per heavy atom. The molecule has 29 heavy (non-hydrogen) atoms. The van der Waals surface area contributed by atoms with Gasteiger partial charge in [0.2, 0.25) is 5.91 Å². The molecule has 2 aromatic carbocycles. The monoisotopic (exact) mass is 424 g/mol. The predicted molar refractivity (Wildman–Crippen MR) is 104 cm³/mol. The molecular formula is C20H19F3N2O3S. The molecule has 0 radical (unpaired) electrons. The minimum atomic E-state index is -4.58. The molecule has 0 bridgehead atoms. The summed E-state index contributed by atoms with van der Waals surface area (Å²) in [7, 11) is -4.14. The van der Waals surface area contributed by atoms with E-state index in [-0.39, 0.29) is 22.4 Å². The molecule has 154 valence electrons. The molecule has 1 unspecified atom stereocenters. The predicted octanol–water partition coefficient (Wildman–Crippen LogP) is 4.80. The molecule has 1 atom stereocenters. The van der Waals surface area contributed by atoms with Gasteiger partial charge in [0.05, 0.1) is 10.5 Å². The number of allylic oxidation sites excluding steroid dienone is 2. The lowest BCUT2D eigenvalue weighted by Gasteiger charge is -2.13. The van der Waals surface area contributed by atoms with Gasteiger partial charge in [-0.25, -0.2) is 8.42 Å². The molecule has 1 aliphatic carbocycles. The Kier molecular flexibility index (Phi) is 5.97. The fourth-order valence-corrected chi connectivity index (χ4v) is 4.12. The van der Waals surface area contributed by atoms with Crippen LogP contribution in [0.4, 0.5) is 24.5 Å². The molecule has 0 fully saturated rings. The molecule has 0 aromatic heterocycles. The van der Waals surface area contributed by atoms with E-state index in [4.69, 9.17) is 0 Å². The van der Waals surface area contributed by atoms with Crippen molar-refractivity contribution in [2.75, 3.05) is 10.0 Å². The van der Waals surface area contributed by atoms with E-state index < -0.39 is 21.8 Å². The topological polar surface area (TPSA) is 75.3 Å². The van der Waals surface area contributed by atoms with Gasteiger partial charge in [0.25, 0.3) is 10.0 Å². The third kappa shape index (κ3) is 5.60. The molecule has 0 saturated heterocycles. The van der Waals surface area contributed by atoms with Gasteiger partial charge in [-0.05, 0) is 55.2 Å². The maximum atomic E-state index is 12.8. The molecule has 0 aliphatic heterocycles. The zero-order valence-corrected chi connectivity index (χ0v) is 16.1. The normalized spacial score (nSPS) is 16.6. The third-order valence-electron chi connectivity index (χ3n) is 4.43. The van der Waals surface area contributed by atoms with Crippen molar-refractivity contribution < 1.29 is 26.4 Å². The highest BCUT2D eigenvalue weighted by molar-refractivity contribution is 7.92. The van der Waals surface area contributed by atoms with Crippen molar-refractivity contribution in [1.29, 1.82) is 0 Å². The number of hydrogen-bond acceptors (Lipinski definition) is 3. The van der Waals surface area contributed by atoms with Gasteiger partial charge in [0.15, 0.2) is 0 Å². The fourth-order valence-electron chi connectivity index (χ4n) is 3.03. The molecule has 2 N–H and O–H groups in total. The lowest BCUT2D eigenvalue weighted by molar-refractivity contribution is -0.137. The number of rotatable bonds is 6. The van der Waals surface area contributed by atoms with Gasteiger partial charge in [0.1, 0.15) is 0 Å². The number of carbonyl (C=O) groups is 1. The van der Waals surface area contributed by atoms with Crippen LogP contribution in [0.3, 0.4) is 0 Å². The van der Waals surface area contributed by atoms with E-state index >= 15 is 0 Å². The van der Waals surface area contributed by atoms with E-state index in [1.807, 2.05) is 12.2 Å². The molecule has 2 aromatic rings. The first-order valence-electron chi connectivity index (χ1n) is 8.90. The van der Waals surface area contributed by atoms with Crippen molar-refractivity contribution in [2.24, 2.45) is 5.92 Å². The maximum absolute atomic E-state index is 12.8. The molecule has 9 heteroatoms. The zero-order chi connectivity index (χ0) is 21.1. The summed E-state index contributed by atoms with van der Waals surface area (Å²) in [5, 5.41) is 2.66. The first kappa shape index (κ1) is 20.9. The highest BCUT2D eigenvalue weighted by atomic mass is 32.2. The fraction of sp³-hybridized carbons (Fsp3) is 0.250. The SMILES string of the molecule is O=C(CC1C=CCC1)Nc1cccc(S(=O)(=O)Nc2cccc(C(F)(F)F)c2)c1. The van der Waals surface area contributed by atoms with Crippen LogP contribution in [0, 0.1) is 5.92 Å². The minimum Gasteiger partial charge on any atom is -0.326 e. The lowest BCUT2D eigenvalue weighted by Crippen LogP contribution is -2.16. The second-order valence-corrected chi connectivity index (χ2v) is 8.41. The summed E-state index contributed by atoms with van der Waals surface area (Å²) in [5.74, 6) is -0.0635. The average Bonchev–Trinajstić information content (AvgIpc) is 3.14. The van der Waals surface area contributed by atoms with Crippen LogP contribution in [0.15, 0.2) is 65.6 Å². The van der Waals surface area contributed by atoms with Crippen molar-refractivity contribution >= 4 is 27.3 Å². The third-order valence-corrected chi connectivity index (χ3v) is 5.81. The molecule has 0 spiro atoms. The van der Waals surface area contributed by atoms with Gasteiger partial charge >= 0.3 is 6.18 Å². The number of carbonyl (C=O) groups excluding carboxylic acids is 1. The van der Waals surface area contributed by atoms with E-state index in [0.717, 1.165) is 31.0 Å². The molecule has 5 nitrogen and oxygen atoms in total. The number of sulfonamides is 1. The Hall–Kier alpha value is -2.81. The summed E-state index contributed by atoms with van der Waals surface area (Å²) < 4.78 is 65.7. The van der Waals surface area contributed by atoms with Gasteiger partial charge in [-0.1, -0.05) is 24.3 Å². The smallest absolute Gasteiger partial charge is 0.326 e. The van der Waals surface area contributed by atoms with Crippen molar-refractivity contribution in [3.8, 4) is 0 Å². The van der Waals surface area contributed by atoms with E-state index in [2.05, 4.69) is 10.0 Å². The van der Waals surface area contributed by atoms with E-state index in [1.165, 1.54) is 24.3 Å². The Balaban J connectivity index is 1.73. The highest BCUT2D eigenvalue weighted by Crippen LogP contribution is 2.31. The van der Waals surface area contributed by atoms with Gasteiger partial charge in [-0.2, -0.15) is 13.2 Å². The standard InChI is InChI=1S/C20H19F3N2O3S/c21-20(22,23)15-7-3-9-17(12-15)25-29(27,28)18-10-4-8-16(13-18)24-19(26)11-14-5-1-2-6-14/h1,3-5,7-10,12-14,25H,2,6,11H2,(H,24,26). The Bertz CT molecular complexity index is 1030. The van der Waals surface area contributed by atoms with Gasteiger partial charge in [-0.3, -0.25) is 9.52 Å². The number of hydrogen-bond donors (Lipinski definition) is 2. The summed E-state index contributed by atoms with van der Waals surface area (Å²) >= 11 is 0. The Labute approximate surface area is 166 Å². The molecule has 0 heterocycles. The van der Waals surface area contributed by atoms with Crippen molar-refractivity contribution in [3.05, 3.63) is 66.2 Å². The van der Waals surface area contributed by atoms with Crippen LogP contribution in [0.2, 0.25) is 0 Å². The summed E-state index contributed by atoms with van der Waals surface area (Å²) in [4.78, 5) is 12.0. The summed E-state index contributed by atoms with van der Waals surface area (Å²) in [6.45, 7) is 0. The van der Waals surface area contributed by atoms with Crippen LogP contribution < -0.4 is 10.0 Å².